The molecule has 39 heavy (non-hydrogen) atoms. The van der Waals surface area contributed by atoms with Gasteiger partial charge in [0.2, 0.25) is 11.6 Å². The monoisotopic (exact) mass is 545 g/mol. The topological polar surface area (TPSA) is 90.4 Å². The maximum absolute atomic E-state index is 13.3. The van der Waals surface area contributed by atoms with Crippen molar-refractivity contribution < 1.29 is 41.7 Å². The Kier molecular flexibility index (Phi) is 8.12. The van der Waals surface area contributed by atoms with E-state index in [1.165, 1.54) is 33.5 Å². The molecule has 0 unspecified atom stereocenters. The number of ether oxygens (including phenoxy) is 4. The number of amides is 2. The second kappa shape index (κ2) is 11.5. The van der Waals surface area contributed by atoms with Gasteiger partial charge >= 0.3 is 6.18 Å². The molecule has 1 saturated heterocycles. The zero-order valence-corrected chi connectivity index (χ0v) is 21.4. The van der Waals surface area contributed by atoms with Gasteiger partial charge < -0.3 is 28.7 Å². The number of alkyl halides is 3. The molecule has 0 bridgehead atoms. The van der Waals surface area contributed by atoms with Crippen molar-refractivity contribution >= 4 is 11.8 Å². The maximum Gasteiger partial charge on any atom is 0.416 e. The highest BCUT2D eigenvalue weighted by molar-refractivity contribution is 5.99. The van der Waals surface area contributed by atoms with Crippen LogP contribution in [0.25, 0.3) is 0 Å². The molecule has 9 nitrogen and oxygen atoms in total. The SMILES string of the molecule is COc1ccc(C(=O)N2CCN(C(=O)c3cccc(Oc4cc(C(F)(F)F)ccn4)c3)CC2)c(OC)c1OC. The number of rotatable bonds is 7. The van der Waals surface area contributed by atoms with E-state index >= 15 is 0 Å². The fourth-order valence-electron chi connectivity index (χ4n) is 4.19. The van der Waals surface area contributed by atoms with E-state index in [1.807, 2.05) is 0 Å². The predicted octanol–water partition coefficient (Wildman–Crippen LogP) is 4.52. The van der Waals surface area contributed by atoms with Gasteiger partial charge in [0, 0.05) is 44.0 Å². The van der Waals surface area contributed by atoms with Gasteiger partial charge in [0.25, 0.3) is 11.8 Å². The number of hydrogen-bond donors (Lipinski definition) is 0. The number of pyridine rings is 1. The third kappa shape index (κ3) is 6.00. The summed E-state index contributed by atoms with van der Waals surface area (Å²) in [6.07, 6.45) is -3.53. The lowest BCUT2D eigenvalue weighted by Crippen LogP contribution is -2.50. The third-order valence-electron chi connectivity index (χ3n) is 6.15. The van der Waals surface area contributed by atoms with Crippen molar-refractivity contribution in [2.75, 3.05) is 47.5 Å². The molecule has 0 aliphatic carbocycles. The summed E-state index contributed by atoms with van der Waals surface area (Å²) in [6, 6.07) is 11.0. The summed E-state index contributed by atoms with van der Waals surface area (Å²) in [4.78, 5) is 33.4. The van der Waals surface area contributed by atoms with Gasteiger partial charge in [-0.25, -0.2) is 4.98 Å². The Morgan fingerprint density at radius 3 is 2.10 bits per heavy atom. The maximum atomic E-state index is 13.3. The lowest BCUT2D eigenvalue weighted by atomic mass is 10.1. The lowest BCUT2D eigenvalue weighted by molar-refractivity contribution is -0.137. The second-order valence-corrected chi connectivity index (χ2v) is 8.48. The van der Waals surface area contributed by atoms with Gasteiger partial charge in [0.15, 0.2) is 11.5 Å². The van der Waals surface area contributed by atoms with Crippen LogP contribution in [0, 0.1) is 0 Å². The molecule has 1 aliphatic rings. The smallest absolute Gasteiger partial charge is 0.416 e. The molecule has 4 rings (SSSR count). The molecule has 0 atom stereocenters. The van der Waals surface area contributed by atoms with Crippen molar-refractivity contribution in [3.63, 3.8) is 0 Å². The van der Waals surface area contributed by atoms with Crippen LogP contribution in [0.1, 0.15) is 26.3 Å². The van der Waals surface area contributed by atoms with Crippen LogP contribution >= 0.6 is 0 Å². The number of aromatic nitrogens is 1. The van der Waals surface area contributed by atoms with E-state index in [4.69, 9.17) is 18.9 Å². The predicted molar refractivity (Wildman–Crippen MR) is 134 cm³/mol. The molecule has 206 valence electrons. The van der Waals surface area contributed by atoms with Gasteiger partial charge in [0.05, 0.1) is 32.5 Å². The number of methoxy groups -OCH3 is 3. The fraction of sp³-hybridized carbons (Fsp3) is 0.296. The Bertz CT molecular complexity index is 1360. The summed E-state index contributed by atoms with van der Waals surface area (Å²) in [6.45, 7) is 1.12. The van der Waals surface area contributed by atoms with E-state index in [1.54, 1.807) is 34.1 Å². The van der Waals surface area contributed by atoms with E-state index in [0.717, 1.165) is 18.3 Å². The zero-order chi connectivity index (χ0) is 28.2. The molecule has 0 saturated carbocycles. The average Bonchev–Trinajstić information content (AvgIpc) is 2.95. The summed E-state index contributed by atoms with van der Waals surface area (Å²) in [5.74, 6) is 0.345. The lowest BCUT2D eigenvalue weighted by Gasteiger charge is -2.35. The summed E-state index contributed by atoms with van der Waals surface area (Å²) in [5.41, 5.74) is -0.290. The molecule has 1 aromatic heterocycles. The second-order valence-electron chi connectivity index (χ2n) is 8.48. The highest BCUT2D eigenvalue weighted by Gasteiger charge is 2.31. The molecule has 2 heterocycles. The first-order valence-corrected chi connectivity index (χ1v) is 11.8. The minimum absolute atomic E-state index is 0.169. The molecular formula is C27H26F3N3O6. The minimum atomic E-state index is -4.53. The summed E-state index contributed by atoms with van der Waals surface area (Å²) >= 11 is 0. The number of halogens is 3. The Labute approximate surface area is 222 Å². The minimum Gasteiger partial charge on any atom is -0.493 e. The number of piperazine rings is 1. The van der Waals surface area contributed by atoms with Crippen LogP contribution in [0.5, 0.6) is 28.9 Å². The van der Waals surface area contributed by atoms with Gasteiger partial charge in [-0.15, -0.1) is 0 Å². The number of hydrogen-bond acceptors (Lipinski definition) is 7. The number of carbonyl (C=O) groups excluding carboxylic acids is 2. The molecule has 0 radical (unpaired) electrons. The zero-order valence-electron chi connectivity index (χ0n) is 21.4. The molecular weight excluding hydrogens is 519 g/mol. The molecule has 0 N–H and O–H groups in total. The first-order valence-electron chi connectivity index (χ1n) is 11.8. The quantitative estimate of drug-likeness (QED) is 0.431. The first-order chi connectivity index (χ1) is 18.7. The van der Waals surface area contributed by atoms with Crippen molar-refractivity contribution in [2.45, 2.75) is 6.18 Å². The van der Waals surface area contributed by atoms with Crippen molar-refractivity contribution in [2.24, 2.45) is 0 Å². The number of carbonyl (C=O) groups is 2. The highest BCUT2D eigenvalue weighted by atomic mass is 19.4. The molecule has 0 spiro atoms. The van der Waals surface area contributed by atoms with Crippen LogP contribution < -0.4 is 18.9 Å². The van der Waals surface area contributed by atoms with Crippen molar-refractivity contribution in [3.05, 3.63) is 71.4 Å². The largest absolute Gasteiger partial charge is 0.493 e. The first kappa shape index (κ1) is 27.6. The van der Waals surface area contributed by atoms with E-state index < -0.39 is 11.7 Å². The molecule has 1 fully saturated rings. The van der Waals surface area contributed by atoms with E-state index in [-0.39, 0.29) is 55.4 Å². The Morgan fingerprint density at radius 1 is 0.821 bits per heavy atom. The fourth-order valence-corrected chi connectivity index (χ4v) is 4.19. The summed E-state index contributed by atoms with van der Waals surface area (Å²) in [7, 11) is 4.37. The van der Waals surface area contributed by atoms with Gasteiger partial charge in [0.1, 0.15) is 5.75 Å². The van der Waals surface area contributed by atoms with Crippen LogP contribution in [0.15, 0.2) is 54.7 Å². The Hall–Kier alpha value is -4.48. The summed E-state index contributed by atoms with van der Waals surface area (Å²) < 4.78 is 60.5. The third-order valence-corrected chi connectivity index (χ3v) is 6.15. The van der Waals surface area contributed by atoms with Crippen LogP contribution in [0.3, 0.4) is 0 Å². The van der Waals surface area contributed by atoms with E-state index in [9.17, 15) is 22.8 Å². The van der Waals surface area contributed by atoms with Crippen LogP contribution in [0.4, 0.5) is 13.2 Å². The summed E-state index contributed by atoms with van der Waals surface area (Å²) in [5, 5.41) is 0. The van der Waals surface area contributed by atoms with Crippen LogP contribution in [-0.2, 0) is 6.18 Å². The van der Waals surface area contributed by atoms with Gasteiger partial charge in [-0.05, 0) is 36.4 Å². The van der Waals surface area contributed by atoms with E-state index in [0.29, 0.717) is 22.6 Å². The van der Waals surface area contributed by atoms with Crippen molar-refractivity contribution in [1.29, 1.82) is 0 Å². The number of nitrogens with zero attached hydrogens (tertiary/aromatic N) is 3. The average molecular weight is 546 g/mol. The molecule has 2 aromatic carbocycles. The van der Waals surface area contributed by atoms with Crippen molar-refractivity contribution in [1.82, 2.24) is 14.8 Å². The van der Waals surface area contributed by atoms with Gasteiger partial charge in [-0.1, -0.05) is 6.07 Å². The van der Waals surface area contributed by atoms with Crippen molar-refractivity contribution in [3.8, 4) is 28.9 Å². The number of benzene rings is 2. The Balaban J connectivity index is 1.42. The van der Waals surface area contributed by atoms with E-state index in [2.05, 4.69) is 4.98 Å². The molecule has 1 aliphatic heterocycles. The van der Waals surface area contributed by atoms with Gasteiger partial charge in [-0.2, -0.15) is 13.2 Å². The Morgan fingerprint density at radius 2 is 1.49 bits per heavy atom. The standard InChI is InChI=1S/C27H26F3N3O6/c1-36-21-8-7-20(23(37-2)24(21)38-3)26(35)33-13-11-32(12-14-33)25(34)17-5-4-6-19(15-17)39-22-16-18(9-10-31-22)27(28,29)30/h4-10,15-16H,11-14H2,1-3H3. The van der Waals surface area contributed by atoms with Crippen LogP contribution in [-0.4, -0.2) is 74.1 Å². The molecule has 2 amide bonds. The van der Waals surface area contributed by atoms with Crippen LogP contribution in [0.2, 0.25) is 0 Å². The molecule has 12 heteroatoms. The normalized spacial score (nSPS) is 13.6. The highest BCUT2D eigenvalue weighted by Crippen LogP contribution is 2.40. The van der Waals surface area contributed by atoms with Gasteiger partial charge in [-0.3, -0.25) is 9.59 Å². The molecule has 3 aromatic rings.